The molecule has 0 amide bonds. The Kier molecular flexibility index (Phi) is 15.7. The number of aryl methyl sites for hydroxylation is 1. The molecule has 0 bridgehead atoms. The van der Waals surface area contributed by atoms with Gasteiger partial charge >= 0.3 is 5.97 Å². The minimum atomic E-state index is -5.71. The van der Waals surface area contributed by atoms with Gasteiger partial charge in [-0.05, 0) is 42.8 Å². The van der Waals surface area contributed by atoms with E-state index in [1.807, 2.05) is 0 Å². The van der Waals surface area contributed by atoms with E-state index in [0.29, 0.717) is 12.1 Å². The number of aliphatic hydroxyl groups excluding tert-OH is 2. The number of nitrogens with zero attached hydrogens (tertiary/aromatic N) is 9. The number of carboxylic acids is 1. The zero-order valence-electron chi connectivity index (χ0n) is 37.0. The fourth-order valence-corrected chi connectivity index (χ4v) is 9.43. The molecule has 6 aromatic rings. The van der Waals surface area contributed by atoms with Gasteiger partial charge in [-0.25, -0.2) is 4.79 Å². The SMILES string of the molecule is COc1cc(S(=O)(=O)O)c(C)cc1N=Nc1c(C(=O)O)nn(-c2ccc3c(O)c(N=Nc4cc(OCCO)c(N=Nc5ccc([N+](=O)[O-])cc5S(=O)(=O)O)cc4OCCO)c(S(=O)(=O)O)cc3c2S(=O)(=O)O)c1O. The average molecular weight is 1110 g/mol. The number of non-ortho nitro benzene ring substituents is 1. The number of fused-ring (bicyclic) bond motifs is 1. The van der Waals surface area contributed by atoms with E-state index in [2.05, 4.69) is 35.8 Å². The highest BCUT2D eigenvalue weighted by atomic mass is 32.2. The summed E-state index contributed by atoms with van der Waals surface area (Å²) in [6.45, 7) is -1.04. The van der Waals surface area contributed by atoms with E-state index in [9.17, 15) is 92.3 Å². The Morgan fingerprint density at radius 1 is 0.649 bits per heavy atom. The molecule has 0 atom stereocenters. The Balaban J connectivity index is 1.53. The van der Waals surface area contributed by atoms with Gasteiger partial charge < -0.3 is 39.7 Å². The summed E-state index contributed by atoms with van der Waals surface area (Å²) in [5.41, 5.74) is -6.81. The first-order valence-electron chi connectivity index (χ1n) is 19.7. The molecule has 1 aromatic heterocycles. The van der Waals surface area contributed by atoms with Crippen LogP contribution >= 0.6 is 0 Å². The number of nitro groups is 1. The Bertz CT molecular complexity index is 3860. The van der Waals surface area contributed by atoms with Crippen LogP contribution in [0.4, 0.5) is 39.8 Å². The van der Waals surface area contributed by atoms with Crippen LogP contribution in [0.2, 0.25) is 0 Å². The molecule has 32 nitrogen and oxygen atoms in total. The fraction of sp³-hybridized carbons (Fsp3) is 0.158. The van der Waals surface area contributed by atoms with Crippen molar-refractivity contribution in [3.05, 3.63) is 82.0 Å². The standard InChI is InChI=1S/C38H33N9O23S4/c1-17-11-22(26(68-2)16-29(17)71(56,57)58)41-44-33-34(38(52)53)45-46(37(33)51)25-6-4-19-20(36(25)74(65,66)67)13-31(73(62,63)64)32(35(19)50)43-42-24-15-27(69-9-7-48)23(14-28(24)70-10-8-49)40-39-21-5-3-18(47(54)55)12-30(21)72(59,60)61/h3-6,11-16,48-51H,7-10H2,1-2H3,(H,52,53)(H,56,57,58)(H,59,60,61)(H,62,63,64)(H,65,66,67). The highest BCUT2D eigenvalue weighted by Gasteiger charge is 2.32. The Morgan fingerprint density at radius 2 is 1.18 bits per heavy atom. The number of benzene rings is 5. The molecule has 392 valence electrons. The van der Waals surface area contributed by atoms with Crippen LogP contribution in [0.3, 0.4) is 0 Å². The fourth-order valence-electron chi connectivity index (χ4n) is 6.55. The van der Waals surface area contributed by atoms with Crippen molar-refractivity contribution >= 4 is 97.0 Å². The van der Waals surface area contributed by atoms with Gasteiger partial charge in [0, 0.05) is 41.1 Å². The smallest absolute Gasteiger partial charge is 0.358 e. The number of carboxylic acid groups (broad SMARTS) is 1. The van der Waals surface area contributed by atoms with Crippen LogP contribution in [0.15, 0.2) is 111 Å². The topological polar surface area (TPSA) is 499 Å². The van der Waals surface area contributed by atoms with Crippen LogP contribution in [0.1, 0.15) is 16.1 Å². The molecular formula is C38H33N9O23S4. The van der Waals surface area contributed by atoms with Crippen LogP contribution in [0.5, 0.6) is 28.9 Å². The minimum absolute atomic E-state index is 0.0957. The number of aromatic carboxylic acids is 1. The van der Waals surface area contributed by atoms with E-state index in [1.165, 1.54) is 6.92 Å². The largest absolute Gasteiger partial charge is 0.505 e. The zero-order valence-corrected chi connectivity index (χ0v) is 40.3. The van der Waals surface area contributed by atoms with Crippen molar-refractivity contribution < 1.29 is 101 Å². The van der Waals surface area contributed by atoms with E-state index in [4.69, 9.17) is 14.2 Å². The molecule has 36 heteroatoms. The van der Waals surface area contributed by atoms with Crippen molar-refractivity contribution in [2.24, 2.45) is 30.7 Å². The molecule has 0 radical (unpaired) electrons. The predicted molar refractivity (Wildman–Crippen MR) is 246 cm³/mol. The second kappa shape index (κ2) is 21.1. The number of aromatic hydroxyl groups is 2. The van der Waals surface area contributed by atoms with Crippen LogP contribution in [-0.4, -0.2) is 132 Å². The summed E-state index contributed by atoms with van der Waals surface area (Å²) < 4.78 is 157. The number of nitro benzene ring substituents is 1. The van der Waals surface area contributed by atoms with Gasteiger partial charge in [-0.2, -0.15) is 43.5 Å². The van der Waals surface area contributed by atoms with Crippen molar-refractivity contribution in [1.29, 1.82) is 0 Å². The van der Waals surface area contributed by atoms with Crippen molar-refractivity contribution in [3.8, 4) is 34.6 Å². The molecule has 74 heavy (non-hydrogen) atoms. The lowest BCUT2D eigenvalue weighted by atomic mass is 10.1. The minimum Gasteiger partial charge on any atom is -0.505 e. The van der Waals surface area contributed by atoms with Crippen molar-refractivity contribution in [1.82, 2.24) is 9.78 Å². The van der Waals surface area contributed by atoms with E-state index in [-0.39, 0.29) is 33.1 Å². The summed E-state index contributed by atoms with van der Waals surface area (Å²) in [7, 11) is -20.2. The van der Waals surface area contributed by atoms with E-state index in [1.54, 1.807) is 0 Å². The maximum absolute atomic E-state index is 13.2. The highest BCUT2D eigenvalue weighted by Crippen LogP contribution is 2.48. The Labute approximate surface area is 413 Å². The number of aliphatic hydroxyl groups is 2. The molecule has 0 saturated heterocycles. The van der Waals surface area contributed by atoms with Gasteiger partial charge in [0.1, 0.15) is 78.5 Å². The summed E-state index contributed by atoms with van der Waals surface area (Å²) in [6, 6.07) is 7.91. The van der Waals surface area contributed by atoms with Gasteiger partial charge in [0.2, 0.25) is 11.6 Å². The molecule has 5 aromatic carbocycles. The maximum atomic E-state index is 13.2. The third-order valence-electron chi connectivity index (χ3n) is 9.67. The number of carbonyl (C=O) groups is 1. The number of hydrogen-bond donors (Lipinski definition) is 9. The lowest BCUT2D eigenvalue weighted by Gasteiger charge is -2.15. The first-order valence-corrected chi connectivity index (χ1v) is 25.4. The molecule has 0 aliphatic carbocycles. The molecule has 0 fully saturated rings. The molecule has 0 spiro atoms. The molecule has 1 heterocycles. The lowest BCUT2D eigenvalue weighted by molar-refractivity contribution is -0.385. The van der Waals surface area contributed by atoms with Gasteiger partial charge in [0.25, 0.3) is 46.2 Å². The lowest BCUT2D eigenvalue weighted by Crippen LogP contribution is -2.09. The average Bonchev–Trinajstić information content (AvgIpc) is 3.64. The van der Waals surface area contributed by atoms with Crippen LogP contribution in [-0.2, 0) is 40.5 Å². The van der Waals surface area contributed by atoms with Crippen molar-refractivity contribution in [3.63, 3.8) is 0 Å². The number of methoxy groups -OCH3 is 1. The predicted octanol–water partition coefficient (Wildman–Crippen LogP) is 5.34. The van der Waals surface area contributed by atoms with Crippen LogP contribution < -0.4 is 14.2 Å². The number of rotatable bonds is 20. The molecule has 0 aliphatic heterocycles. The third-order valence-corrected chi connectivity index (χ3v) is 13.4. The van der Waals surface area contributed by atoms with Gasteiger partial charge in [-0.3, -0.25) is 28.3 Å². The van der Waals surface area contributed by atoms with Gasteiger partial charge in [-0.15, -0.1) is 30.7 Å². The van der Waals surface area contributed by atoms with Gasteiger partial charge in [0.05, 0.1) is 30.9 Å². The molecule has 0 aliphatic rings. The molecule has 0 unspecified atom stereocenters. The number of hydrogen-bond acceptors (Lipinski definition) is 25. The van der Waals surface area contributed by atoms with E-state index < -0.39 is 165 Å². The second-order valence-corrected chi connectivity index (χ2v) is 20.0. The van der Waals surface area contributed by atoms with Crippen molar-refractivity contribution in [2.75, 3.05) is 33.5 Å². The summed E-state index contributed by atoms with van der Waals surface area (Å²) in [4.78, 5) is 18.2. The summed E-state index contributed by atoms with van der Waals surface area (Å²) in [5.74, 6) is -5.62. The number of azo groups is 3. The number of phenols is 1. The molecular weight excluding hydrogens is 1080 g/mol. The quantitative estimate of drug-likeness (QED) is 0.0202. The normalized spacial score (nSPS) is 12.6. The van der Waals surface area contributed by atoms with E-state index >= 15 is 0 Å². The summed E-state index contributed by atoms with van der Waals surface area (Å²) in [6.07, 6.45) is 0. The van der Waals surface area contributed by atoms with Crippen LogP contribution in [0, 0.1) is 17.0 Å². The number of ether oxygens (including phenoxy) is 3. The Morgan fingerprint density at radius 3 is 1.68 bits per heavy atom. The molecule has 6 rings (SSSR count). The summed E-state index contributed by atoms with van der Waals surface area (Å²) in [5, 5.41) is 87.8. The zero-order chi connectivity index (χ0) is 54.8. The monoisotopic (exact) mass is 1110 g/mol. The number of aromatic nitrogens is 2. The first kappa shape index (κ1) is 55.1. The third kappa shape index (κ3) is 11.7. The number of phenolic OH excluding ortho intramolecular Hbond substituents is 1. The highest BCUT2D eigenvalue weighted by molar-refractivity contribution is 7.87. The van der Waals surface area contributed by atoms with Crippen LogP contribution in [0.25, 0.3) is 16.5 Å². The van der Waals surface area contributed by atoms with Gasteiger partial charge in [-0.1, -0.05) is 0 Å². The molecule has 0 saturated carbocycles. The second-order valence-electron chi connectivity index (χ2n) is 14.4. The first-order chi connectivity index (χ1) is 34.5. The van der Waals surface area contributed by atoms with Gasteiger partial charge in [0.15, 0.2) is 11.4 Å². The van der Waals surface area contributed by atoms with Crippen molar-refractivity contribution in [2.45, 2.75) is 26.5 Å². The van der Waals surface area contributed by atoms with E-state index in [0.717, 1.165) is 55.6 Å². The summed E-state index contributed by atoms with van der Waals surface area (Å²) >= 11 is 0. The Hall–Kier alpha value is -8.20. The molecule has 9 N–H and O–H groups in total. The maximum Gasteiger partial charge on any atom is 0.358 e.